The van der Waals surface area contributed by atoms with Crippen LogP contribution >= 0.6 is 0 Å². The van der Waals surface area contributed by atoms with Gasteiger partial charge in [0.1, 0.15) is 5.78 Å². The van der Waals surface area contributed by atoms with Crippen molar-refractivity contribution in [2.75, 3.05) is 13.2 Å². The number of carbonyl (C=O) groups is 2. The molecule has 1 unspecified atom stereocenters. The van der Waals surface area contributed by atoms with Crippen molar-refractivity contribution in [1.29, 1.82) is 0 Å². The van der Waals surface area contributed by atoms with E-state index in [1.807, 2.05) is 0 Å². The highest BCUT2D eigenvalue weighted by atomic mass is 16.5. The summed E-state index contributed by atoms with van der Waals surface area (Å²) >= 11 is 0. The molecule has 1 aromatic heterocycles. The zero-order valence-electron chi connectivity index (χ0n) is 9.18. The van der Waals surface area contributed by atoms with Crippen LogP contribution in [0.1, 0.15) is 23.2 Å². The number of rotatable bonds is 4. The Morgan fingerprint density at radius 2 is 2.44 bits per heavy atom. The van der Waals surface area contributed by atoms with Crippen molar-refractivity contribution in [3.8, 4) is 0 Å². The van der Waals surface area contributed by atoms with Crippen molar-refractivity contribution in [3.05, 3.63) is 18.0 Å². The molecular weight excluding hydrogens is 208 g/mol. The summed E-state index contributed by atoms with van der Waals surface area (Å²) < 4.78 is 6.67. The number of aryl methyl sites for hydroxylation is 1. The maximum atomic E-state index is 11.7. The molecule has 0 radical (unpaired) electrons. The summed E-state index contributed by atoms with van der Waals surface area (Å²) in [5.74, 6) is -0.281. The van der Waals surface area contributed by atoms with Crippen LogP contribution in [0.5, 0.6) is 0 Å². The van der Waals surface area contributed by atoms with E-state index in [0.29, 0.717) is 18.8 Å². The van der Waals surface area contributed by atoms with E-state index in [1.165, 1.54) is 6.20 Å². The van der Waals surface area contributed by atoms with Gasteiger partial charge in [-0.25, -0.2) is 0 Å². The number of aromatic nitrogens is 2. The first-order valence-corrected chi connectivity index (χ1v) is 5.29. The van der Waals surface area contributed by atoms with E-state index in [2.05, 4.69) is 5.10 Å². The van der Waals surface area contributed by atoms with Crippen LogP contribution in [0.4, 0.5) is 0 Å². The molecule has 0 aliphatic carbocycles. The van der Waals surface area contributed by atoms with E-state index >= 15 is 0 Å². The van der Waals surface area contributed by atoms with Crippen LogP contribution in [0.25, 0.3) is 0 Å². The van der Waals surface area contributed by atoms with Crippen LogP contribution in [0, 0.1) is 5.92 Å². The van der Waals surface area contributed by atoms with Crippen LogP contribution < -0.4 is 0 Å². The van der Waals surface area contributed by atoms with Gasteiger partial charge in [0.05, 0.1) is 24.8 Å². The zero-order chi connectivity index (χ0) is 11.5. The van der Waals surface area contributed by atoms with Gasteiger partial charge in [0, 0.05) is 25.8 Å². The van der Waals surface area contributed by atoms with Crippen molar-refractivity contribution in [3.63, 3.8) is 0 Å². The Bertz CT molecular complexity index is 405. The second-order valence-corrected chi connectivity index (χ2v) is 4.03. The second-order valence-electron chi connectivity index (χ2n) is 4.03. The molecule has 1 aliphatic heterocycles. The van der Waals surface area contributed by atoms with Gasteiger partial charge in [0.2, 0.25) is 0 Å². The lowest BCUT2D eigenvalue weighted by Gasteiger charge is -2.04. The number of hydrogen-bond donors (Lipinski definition) is 0. The molecule has 1 aliphatic rings. The number of hydrogen-bond acceptors (Lipinski definition) is 4. The van der Waals surface area contributed by atoms with Gasteiger partial charge in [0.15, 0.2) is 5.78 Å². The first-order valence-electron chi connectivity index (χ1n) is 5.29. The molecule has 16 heavy (non-hydrogen) atoms. The van der Waals surface area contributed by atoms with Gasteiger partial charge in [-0.05, 0) is 6.42 Å². The highest BCUT2D eigenvalue weighted by Crippen LogP contribution is 2.16. The minimum absolute atomic E-state index is 0.0219. The third-order valence-corrected chi connectivity index (χ3v) is 2.75. The quantitative estimate of drug-likeness (QED) is 0.553. The summed E-state index contributed by atoms with van der Waals surface area (Å²) in [5.41, 5.74) is 0.495. The molecule has 1 saturated heterocycles. The average molecular weight is 222 g/mol. The number of ketones is 2. The van der Waals surface area contributed by atoms with E-state index in [9.17, 15) is 9.59 Å². The SMILES string of the molecule is Cn1cc(C(=O)CC(=O)C2CCOC2)cn1. The van der Waals surface area contributed by atoms with Crippen LogP contribution in [-0.2, 0) is 16.6 Å². The largest absolute Gasteiger partial charge is 0.381 e. The number of Topliss-reactive ketones (excluding diaryl/α,β-unsaturated/α-hetero) is 2. The van der Waals surface area contributed by atoms with Gasteiger partial charge in [-0.2, -0.15) is 5.10 Å². The maximum absolute atomic E-state index is 11.7. The average Bonchev–Trinajstić information content (AvgIpc) is 2.87. The number of nitrogens with zero attached hydrogens (tertiary/aromatic N) is 2. The normalized spacial score (nSPS) is 19.9. The highest BCUT2D eigenvalue weighted by molar-refractivity contribution is 6.08. The Labute approximate surface area is 93.4 Å². The third-order valence-electron chi connectivity index (χ3n) is 2.75. The standard InChI is InChI=1S/C11H14N2O3/c1-13-6-9(5-12-13)11(15)4-10(14)8-2-3-16-7-8/h5-6,8H,2-4,7H2,1H3. The Balaban J connectivity index is 1.94. The number of carbonyl (C=O) groups excluding carboxylic acids is 2. The minimum atomic E-state index is -0.162. The molecule has 2 rings (SSSR count). The van der Waals surface area contributed by atoms with E-state index in [-0.39, 0.29) is 23.9 Å². The summed E-state index contributed by atoms with van der Waals surface area (Å²) in [7, 11) is 1.74. The Morgan fingerprint density at radius 1 is 1.62 bits per heavy atom. The first kappa shape index (κ1) is 11.0. The topological polar surface area (TPSA) is 61.2 Å². The lowest BCUT2D eigenvalue weighted by molar-refractivity contribution is -0.121. The van der Waals surface area contributed by atoms with Crippen LogP contribution in [0.3, 0.4) is 0 Å². The summed E-state index contributed by atoms with van der Waals surface area (Å²) in [5, 5.41) is 3.90. The molecular formula is C11H14N2O3. The van der Waals surface area contributed by atoms with Gasteiger partial charge in [-0.15, -0.1) is 0 Å². The van der Waals surface area contributed by atoms with Crippen molar-refractivity contribution in [2.24, 2.45) is 13.0 Å². The van der Waals surface area contributed by atoms with E-state index < -0.39 is 0 Å². The molecule has 0 spiro atoms. The van der Waals surface area contributed by atoms with Gasteiger partial charge in [-0.1, -0.05) is 0 Å². The molecule has 1 atom stereocenters. The first-order chi connectivity index (χ1) is 7.66. The van der Waals surface area contributed by atoms with Crippen LogP contribution in [0.2, 0.25) is 0 Å². The molecule has 0 bridgehead atoms. The minimum Gasteiger partial charge on any atom is -0.381 e. The molecule has 0 aromatic carbocycles. The smallest absolute Gasteiger partial charge is 0.173 e. The van der Waals surface area contributed by atoms with Crippen molar-refractivity contribution >= 4 is 11.6 Å². The predicted molar refractivity (Wildman–Crippen MR) is 56.1 cm³/mol. The van der Waals surface area contributed by atoms with Crippen LogP contribution in [-0.4, -0.2) is 34.6 Å². The van der Waals surface area contributed by atoms with E-state index in [1.54, 1.807) is 17.9 Å². The molecule has 2 heterocycles. The molecule has 0 N–H and O–H groups in total. The molecule has 5 nitrogen and oxygen atoms in total. The van der Waals surface area contributed by atoms with Crippen molar-refractivity contribution < 1.29 is 14.3 Å². The van der Waals surface area contributed by atoms with E-state index in [0.717, 1.165) is 6.42 Å². The second kappa shape index (κ2) is 4.57. The summed E-state index contributed by atoms with van der Waals surface area (Å²) in [6.07, 6.45) is 3.81. The Morgan fingerprint density at radius 3 is 3.00 bits per heavy atom. The maximum Gasteiger partial charge on any atom is 0.173 e. The predicted octanol–water partition coefficient (Wildman–Crippen LogP) is 0.598. The Hall–Kier alpha value is -1.49. The summed E-state index contributed by atoms with van der Waals surface area (Å²) in [6, 6.07) is 0. The summed E-state index contributed by atoms with van der Waals surface area (Å²) in [6.45, 7) is 1.08. The van der Waals surface area contributed by atoms with E-state index in [4.69, 9.17) is 4.74 Å². The lowest BCUT2D eigenvalue weighted by atomic mass is 9.98. The number of ether oxygens (including phenoxy) is 1. The fourth-order valence-electron chi connectivity index (χ4n) is 1.76. The fourth-order valence-corrected chi connectivity index (χ4v) is 1.76. The van der Waals surface area contributed by atoms with Crippen LogP contribution in [0.15, 0.2) is 12.4 Å². The molecule has 0 amide bonds. The van der Waals surface area contributed by atoms with Gasteiger partial charge in [-0.3, -0.25) is 14.3 Å². The molecule has 1 fully saturated rings. The summed E-state index contributed by atoms with van der Waals surface area (Å²) in [4.78, 5) is 23.4. The van der Waals surface area contributed by atoms with Crippen molar-refractivity contribution in [1.82, 2.24) is 9.78 Å². The van der Waals surface area contributed by atoms with Crippen molar-refractivity contribution in [2.45, 2.75) is 12.8 Å². The van der Waals surface area contributed by atoms with Gasteiger partial charge >= 0.3 is 0 Å². The third kappa shape index (κ3) is 2.36. The monoisotopic (exact) mass is 222 g/mol. The molecule has 1 aromatic rings. The van der Waals surface area contributed by atoms with Gasteiger partial charge < -0.3 is 4.74 Å². The fraction of sp³-hybridized carbons (Fsp3) is 0.545. The van der Waals surface area contributed by atoms with Gasteiger partial charge in [0.25, 0.3) is 0 Å². The zero-order valence-corrected chi connectivity index (χ0v) is 9.18. The highest BCUT2D eigenvalue weighted by Gasteiger charge is 2.25. The Kier molecular flexibility index (Phi) is 3.14. The molecule has 5 heteroatoms. The molecule has 86 valence electrons. The molecule has 0 saturated carbocycles. The lowest BCUT2D eigenvalue weighted by Crippen LogP contribution is -2.18.